The zero-order chi connectivity index (χ0) is 20.2. The lowest BCUT2D eigenvalue weighted by Crippen LogP contribution is -2.42. The number of nitrogens with zero attached hydrogens (tertiary/aromatic N) is 2. The topological polar surface area (TPSA) is 84.7 Å². The number of hydrogen-bond acceptors (Lipinski definition) is 6. The Hall–Kier alpha value is -3.35. The minimum Gasteiger partial charge on any atom is -0.462 e. The number of aromatic nitrogens is 1. The van der Waals surface area contributed by atoms with Crippen molar-refractivity contribution in [2.75, 3.05) is 25.0 Å². The fourth-order valence-electron chi connectivity index (χ4n) is 3.65. The van der Waals surface area contributed by atoms with E-state index >= 15 is 0 Å². The Balaban J connectivity index is 1.53. The number of pyridine rings is 1. The number of carbonyl (C=O) groups excluding carboxylic acids is 2. The second kappa shape index (κ2) is 8.34. The number of anilines is 1. The highest BCUT2D eigenvalue weighted by Crippen LogP contribution is 2.29. The average molecular weight is 393 g/mol. The molecule has 0 unspecified atom stereocenters. The van der Waals surface area contributed by atoms with E-state index in [1.165, 1.54) is 6.26 Å². The van der Waals surface area contributed by atoms with Crippen LogP contribution in [-0.2, 0) is 4.74 Å². The smallest absolute Gasteiger partial charge is 0.341 e. The van der Waals surface area contributed by atoms with Gasteiger partial charge in [-0.15, -0.1) is 0 Å². The van der Waals surface area contributed by atoms with Gasteiger partial charge in [-0.1, -0.05) is 18.2 Å². The molecule has 0 atom stereocenters. The maximum absolute atomic E-state index is 12.5. The summed E-state index contributed by atoms with van der Waals surface area (Å²) in [6, 6.07) is 11.2. The molecule has 7 nitrogen and oxygen atoms in total. The molecule has 1 aliphatic rings. The van der Waals surface area contributed by atoms with Crippen LogP contribution in [0.5, 0.6) is 0 Å². The lowest BCUT2D eigenvalue weighted by atomic mass is 10.0. The van der Waals surface area contributed by atoms with E-state index in [2.05, 4.69) is 10.3 Å². The number of ether oxygens (including phenoxy) is 1. The maximum Gasteiger partial charge on any atom is 0.341 e. The number of rotatable bonds is 5. The molecule has 150 valence electrons. The van der Waals surface area contributed by atoms with Crippen molar-refractivity contribution in [3.8, 4) is 0 Å². The molecule has 2 aromatic heterocycles. The minimum absolute atomic E-state index is 0.0879. The molecule has 0 bridgehead atoms. The number of hydrogen-bond donors (Lipinski definition) is 1. The maximum atomic E-state index is 12.5. The van der Waals surface area contributed by atoms with E-state index in [0.29, 0.717) is 31.0 Å². The van der Waals surface area contributed by atoms with E-state index in [1.54, 1.807) is 30.2 Å². The molecule has 4 rings (SSSR count). The van der Waals surface area contributed by atoms with Crippen LogP contribution in [0.2, 0.25) is 0 Å². The standard InChI is InChI=1S/C22H23N3O4/c1-2-28-22(27)17-14-23-18-7-4-3-6-16(18)20(17)24-15-9-11-25(12-10-15)21(26)19-8-5-13-29-19/h3-8,13-15H,2,9-12H2,1H3,(H,23,24). The van der Waals surface area contributed by atoms with Gasteiger partial charge in [0.05, 0.1) is 24.1 Å². The summed E-state index contributed by atoms with van der Waals surface area (Å²) in [5, 5.41) is 4.41. The third kappa shape index (κ3) is 3.94. The van der Waals surface area contributed by atoms with Crippen LogP contribution >= 0.6 is 0 Å². The molecule has 3 heterocycles. The number of carbonyl (C=O) groups is 2. The Morgan fingerprint density at radius 3 is 2.72 bits per heavy atom. The second-order valence-electron chi connectivity index (χ2n) is 6.97. The number of piperidine rings is 1. The number of amides is 1. The highest BCUT2D eigenvalue weighted by atomic mass is 16.5. The molecule has 1 saturated heterocycles. The molecule has 1 aliphatic heterocycles. The van der Waals surface area contributed by atoms with E-state index in [9.17, 15) is 9.59 Å². The molecule has 7 heteroatoms. The minimum atomic E-state index is -0.390. The van der Waals surface area contributed by atoms with Crippen LogP contribution in [0.3, 0.4) is 0 Å². The molecule has 1 aromatic carbocycles. The molecule has 1 N–H and O–H groups in total. The highest BCUT2D eigenvalue weighted by molar-refractivity contribution is 6.05. The SMILES string of the molecule is CCOC(=O)c1cnc2ccccc2c1NC1CCN(C(=O)c2ccco2)CC1. The Morgan fingerprint density at radius 1 is 1.21 bits per heavy atom. The monoisotopic (exact) mass is 393 g/mol. The third-order valence-electron chi connectivity index (χ3n) is 5.13. The fourth-order valence-corrected chi connectivity index (χ4v) is 3.65. The fraction of sp³-hybridized carbons (Fsp3) is 0.318. The van der Waals surface area contributed by atoms with Gasteiger partial charge in [-0.05, 0) is 38.0 Å². The number of likely N-dealkylation sites (tertiary alicyclic amines) is 1. The summed E-state index contributed by atoms with van der Waals surface area (Å²) in [4.78, 5) is 31.1. The van der Waals surface area contributed by atoms with Gasteiger partial charge in [-0.25, -0.2) is 4.79 Å². The number of para-hydroxylation sites is 1. The van der Waals surface area contributed by atoms with Crippen molar-refractivity contribution in [2.24, 2.45) is 0 Å². The first kappa shape index (κ1) is 19.0. The third-order valence-corrected chi connectivity index (χ3v) is 5.13. The van der Waals surface area contributed by atoms with Gasteiger partial charge in [-0.2, -0.15) is 0 Å². The molecular formula is C22H23N3O4. The first-order chi connectivity index (χ1) is 14.2. The van der Waals surface area contributed by atoms with E-state index in [1.807, 2.05) is 24.3 Å². The van der Waals surface area contributed by atoms with Crippen molar-refractivity contribution >= 4 is 28.5 Å². The van der Waals surface area contributed by atoms with Crippen molar-refractivity contribution in [1.29, 1.82) is 0 Å². The van der Waals surface area contributed by atoms with Crippen molar-refractivity contribution in [2.45, 2.75) is 25.8 Å². The Morgan fingerprint density at radius 2 is 2.00 bits per heavy atom. The largest absolute Gasteiger partial charge is 0.462 e. The van der Waals surface area contributed by atoms with Gasteiger partial charge in [0.25, 0.3) is 5.91 Å². The van der Waals surface area contributed by atoms with Crippen molar-refractivity contribution in [3.63, 3.8) is 0 Å². The lowest BCUT2D eigenvalue weighted by molar-refractivity contribution is 0.0527. The predicted octanol–water partition coefficient (Wildman–Crippen LogP) is 3.72. The first-order valence-electron chi connectivity index (χ1n) is 9.81. The molecular weight excluding hydrogens is 370 g/mol. The molecule has 0 radical (unpaired) electrons. The summed E-state index contributed by atoms with van der Waals surface area (Å²) < 4.78 is 10.4. The Kier molecular flexibility index (Phi) is 5.46. The van der Waals surface area contributed by atoms with E-state index < -0.39 is 5.97 Å². The molecule has 1 amide bonds. The molecule has 0 aliphatic carbocycles. The highest BCUT2D eigenvalue weighted by Gasteiger charge is 2.26. The van der Waals surface area contributed by atoms with E-state index in [0.717, 1.165) is 29.4 Å². The zero-order valence-corrected chi connectivity index (χ0v) is 16.3. The van der Waals surface area contributed by atoms with Gasteiger partial charge < -0.3 is 19.4 Å². The van der Waals surface area contributed by atoms with Crippen LogP contribution in [0.4, 0.5) is 5.69 Å². The van der Waals surface area contributed by atoms with Gasteiger partial charge >= 0.3 is 5.97 Å². The van der Waals surface area contributed by atoms with Crippen LogP contribution in [0.15, 0.2) is 53.3 Å². The van der Waals surface area contributed by atoms with Gasteiger partial charge in [-0.3, -0.25) is 9.78 Å². The van der Waals surface area contributed by atoms with Gasteiger partial charge in [0.2, 0.25) is 0 Å². The van der Waals surface area contributed by atoms with Crippen LogP contribution in [0.1, 0.15) is 40.7 Å². The van der Waals surface area contributed by atoms with Crippen molar-refractivity contribution < 1.29 is 18.7 Å². The molecule has 0 saturated carbocycles. The van der Waals surface area contributed by atoms with Gasteiger partial charge in [0.15, 0.2) is 5.76 Å². The van der Waals surface area contributed by atoms with Gasteiger partial charge in [0.1, 0.15) is 5.56 Å². The predicted molar refractivity (Wildman–Crippen MR) is 109 cm³/mol. The van der Waals surface area contributed by atoms with E-state index in [-0.39, 0.29) is 11.9 Å². The van der Waals surface area contributed by atoms with Gasteiger partial charge in [0, 0.05) is 30.7 Å². The number of benzene rings is 1. The second-order valence-corrected chi connectivity index (χ2v) is 6.97. The normalized spacial score (nSPS) is 14.7. The summed E-state index contributed by atoms with van der Waals surface area (Å²) in [5.41, 5.74) is 1.98. The summed E-state index contributed by atoms with van der Waals surface area (Å²) >= 11 is 0. The molecule has 1 fully saturated rings. The quantitative estimate of drug-likeness (QED) is 0.665. The molecule has 0 spiro atoms. The van der Waals surface area contributed by atoms with Crippen LogP contribution < -0.4 is 5.32 Å². The summed E-state index contributed by atoms with van der Waals surface area (Å²) in [6.07, 6.45) is 4.61. The summed E-state index contributed by atoms with van der Waals surface area (Å²) in [7, 11) is 0. The number of furan rings is 1. The van der Waals surface area contributed by atoms with Crippen LogP contribution in [-0.4, -0.2) is 47.5 Å². The van der Waals surface area contributed by atoms with Crippen molar-refractivity contribution in [3.05, 3.63) is 60.2 Å². The lowest BCUT2D eigenvalue weighted by Gasteiger charge is -2.33. The first-order valence-corrected chi connectivity index (χ1v) is 9.81. The summed E-state index contributed by atoms with van der Waals surface area (Å²) in [6.45, 7) is 3.33. The van der Waals surface area contributed by atoms with Crippen LogP contribution in [0, 0.1) is 0 Å². The van der Waals surface area contributed by atoms with E-state index in [4.69, 9.17) is 9.15 Å². The number of esters is 1. The van der Waals surface area contributed by atoms with Crippen LogP contribution in [0.25, 0.3) is 10.9 Å². The number of fused-ring (bicyclic) bond motifs is 1. The number of nitrogens with one attached hydrogen (secondary N) is 1. The summed E-state index contributed by atoms with van der Waals surface area (Å²) in [5.74, 6) is -0.116. The Labute approximate surface area is 168 Å². The zero-order valence-electron chi connectivity index (χ0n) is 16.3. The molecule has 3 aromatic rings. The Bertz CT molecular complexity index is 1010. The molecule has 29 heavy (non-hydrogen) atoms. The van der Waals surface area contributed by atoms with Crippen molar-refractivity contribution in [1.82, 2.24) is 9.88 Å². The average Bonchev–Trinajstić information content (AvgIpc) is 3.29.